The van der Waals surface area contributed by atoms with Crippen molar-refractivity contribution in [1.82, 2.24) is 4.84 Å². The van der Waals surface area contributed by atoms with E-state index in [0.29, 0.717) is 0 Å². The Morgan fingerprint density at radius 1 is 1.90 bits per heavy atom. The average Bonchev–Trinajstić information content (AvgIpc) is 1.99. The van der Waals surface area contributed by atoms with Gasteiger partial charge in [-0.3, -0.25) is 4.79 Å². The van der Waals surface area contributed by atoms with Gasteiger partial charge in [-0.2, -0.15) is 4.91 Å². The normalized spacial score (nSPS) is 12.2. The van der Waals surface area contributed by atoms with Crippen LogP contribution in [0.5, 0.6) is 0 Å². The number of nitrogens with one attached hydrogen (secondary N) is 1. The van der Waals surface area contributed by atoms with Gasteiger partial charge in [-0.05, 0) is 11.8 Å². The molecule has 0 spiro atoms. The number of nitroso groups, excluding NO2 is 1. The van der Waals surface area contributed by atoms with Crippen LogP contribution in [0, 0.1) is 4.91 Å². The Hall–Kier alpha value is -0.680. The maximum absolute atomic E-state index is 10.6. The summed E-state index contributed by atoms with van der Waals surface area (Å²) in [6.45, 7) is -0.226. The molecule has 0 aromatic heterocycles. The van der Waals surface area contributed by atoms with Crippen molar-refractivity contribution in [3.63, 3.8) is 0 Å². The molecular formula is C4H7ClN2O3. The molecular weight excluding hydrogens is 160 g/mol. The second kappa shape index (κ2) is 5.13. The fourth-order valence-corrected chi connectivity index (χ4v) is 0.528. The van der Waals surface area contributed by atoms with Crippen LogP contribution in [0.1, 0.15) is 0 Å². The Balaban J connectivity index is 3.79. The predicted octanol–water partition coefficient (Wildman–Crippen LogP) is 0.0378. The van der Waals surface area contributed by atoms with Crippen LogP contribution >= 0.6 is 11.8 Å². The maximum atomic E-state index is 10.6. The number of carbonyl (C=O) groups excluding carboxylic acids is 1. The molecule has 0 fully saturated rings. The molecule has 6 heteroatoms. The predicted molar refractivity (Wildman–Crippen MR) is 35.5 cm³/mol. The summed E-state index contributed by atoms with van der Waals surface area (Å²) in [5, 5.41) is 2.48. The minimum absolute atomic E-state index is 0.226. The highest BCUT2D eigenvalue weighted by Crippen LogP contribution is 1.89. The molecule has 5 nitrogen and oxygen atoms in total. The van der Waals surface area contributed by atoms with Gasteiger partial charge < -0.3 is 4.74 Å². The third-order valence-electron chi connectivity index (χ3n) is 0.875. The first-order valence-electron chi connectivity index (χ1n) is 2.49. The zero-order chi connectivity index (χ0) is 7.98. The zero-order valence-corrected chi connectivity index (χ0v) is 6.09. The molecule has 0 aromatic carbocycles. The van der Waals surface area contributed by atoms with E-state index < -0.39 is 12.0 Å². The molecule has 1 unspecified atom stereocenters. The van der Waals surface area contributed by atoms with Crippen molar-refractivity contribution < 1.29 is 9.53 Å². The van der Waals surface area contributed by atoms with Crippen LogP contribution < -0.4 is 4.84 Å². The van der Waals surface area contributed by atoms with Crippen molar-refractivity contribution in [3.05, 3.63) is 4.91 Å². The number of methoxy groups -OCH3 is 1. The van der Waals surface area contributed by atoms with Crippen LogP contribution in [0.2, 0.25) is 0 Å². The number of carbonyl (C=O) groups is 1. The minimum atomic E-state index is -0.843. The second-order valence-corrected chi connectivity index (χ2v) is 1.71. The third kappa shape index (κ3) is 2.75. The lowest BCUT2D eigenvalue weighted by atomic mass is 10.3. The fourth-order valence-electron chi connectivity index (χ4n) is 0.370. The van der Waals surface area contributed by atoms with E-state index in [9.17, 15) is 9.70 Å². The zero-order valence-electron chi connectivity index (χ0n) is 5.33. The standard InChI is InChI=1S/C4H7ClN2O3/c1-10-4(8)3(7-5)2-6-9/h3,7H,2H2,1H3. The Morgan fingerprint density at radius 2 is 2.50 bits per heavy atom. The molecule has 0 amide bonds. The highest BCUT2D eigenvalue weighted by Gasteiger charge is 2.17. The molecule has 0 aliphatic rings. The first-order valence-corrected chi connectivity index (χ1v) is 2.87. The number of hydrogen-bond donors (Lipinski definition) is 1. The maximum Gasteiger partial charge on any atom is 0.326 e. The molecule has 0 saturated heterocycles. The fraction of sp³-hybridized carbons (Fsp3) is 0.750. The summed E-state index contributed by atoms with van der Waals surface area (Å²) < 4.78 is 4.27. The summed E-state index contributed by atoms with van der Waals surface area (Å²) in [5.41, 5.74) is 0. The van der Waals surface area contributed by atoms with Gasteiger partial charge in [0.1, 0.15) is 12.6 Å². The molecule has 0 heterocycles. The molecule has 58 valence electrons. The van der Waals surface area contributed by atoms with Crippen molar-refractivity contribution in [2.75, 3.05) is 13.7 Å². The summed E-state index contributed by atoms with van der Waals surface area (Å²) in [5.74, 6) is -0.602. The molecule has 0 aliphatic heterocycles. The monoisotopic (exact) mass is 166 g/mol. The van der Waals surface area contributed by atoms with Gasteiger partial charge in [-0.15, -0.1) is 0 Å². The molecule has 0 aliphatic carbocycles. The van der Waals surface area contributed by atoms with E-state index in [1.54, 1.807) is 0 Å². The van der Waals surface area contributed by atoms with E-state index >= 15 is 0 Å². The van der Waals surface area contributed by atoms with Gasteiger partial charge in [0.2, 0.25) is 0 Å². The first-order chi connectivity index (χ1) is 4.76. The van der Waals surface area contributed by atoms with Crippen LogP contribution in [-0.4, -0.2) is 25.7 Å². The highest BCUT2D eigenvalue weighted by atomic mass is 35.5. The summed E-state index contributed by atoms with van der Waals surface area (Å²) in [7, 11) is 1.20. The molecule has 0 bridgehead atoms. The van der Waals surface area contributed by atoms with Gasteiger partial charge in [-0.25, -0.2) is 4.84 Å². The summed E-state index contributed by atoms with van der Waals surface area (Å²) >= 11 is 5.07. The van der Waals surface area contributed by atoms with E-state index in [0.717, 1.165) is 0 Å². The molecule has 0 saturated carbocycles. The first kappa shape index (κ1) is 9.32. The Morgan fingerprint density at radius 3 is 2.80 bits per heavy atom. The molecule has 10 heavy (non-hydrogen) atoms. The van der Waals surface area contributed by atoms with Gasteiger partial charge in [0.15, 0.2) is 0 Å². The lowest BCUT2D eigenvalue weighted by Gasteiger charge is -2.05. The molecule has 0 aromatic rings. The number of ether oxygens (including phenoxy) is 1. The van der Waals surface area contributed by atoms with Gasteiger partial charge in [0.05, 0.1) is 7.11 Å². The average molecular weight is 167 g/mol. The highest BCUT2D eigenvalue weighted by molar-refractivity contribution is 6.14. The van der Waals surface area contributed by atoms with E-state index in [-0.39, 0.29) is 6.54 Å². The van der Waals surface area contributed by atoms with Gasteiger partial charge in [0, 0.05) is 0 Å². The number of rotatable bonds is 4. The van der Waals surface area contributed by atoms with Crippen LogP contribution in [0.25, 0.3) is 0 Å². The lowest BCUT2D eigenvalue weighted by molar-refractivity contribution is -0.142. The quantitative estimate of drug-likeness (QED) is 0.364. The lowest BCUT2D eigenvalue weighted by Crippen LogP contribution is -2.34. The van der Waals surface area contributed by atoms with Gasteiger partial charge in [0.25, 0.3) is 0 Å². The van der Waals surface area contributed by atoms with Gasteiger partial charge in [-0.1, -0.05) is 5.18 Å². The molecule has 1 atom stereocenters. The van der Waals surface area contributed by atoms with Crippen molar-refractivity contribution in [2.45, 2.75) is 6.04 Å². The molecule has 1 N–H and O–H groups in total. The van der Waals surface area contributed by atoms with E-state index in [4.69, 9.17) is 11.8 Å². The van der Waals surface area contributed by atoms with Crippen molar-refractivity contribution in [1.29, 1.82) is 0 Å². The minimum Gasteiger partial charge on any atom is -0.468 e. The molecule has 0 radical (unpaired) electrons. The van der Waals surface area contributed by atoms with Crippen LogP contribution in [0.4, 0.5) is 0 Å². The van der Waals surface area contributed by atoms with E-state index in [1.807, 2.05) is 0 Å². The SMILES string of the molecule is COC(=O)C(CN=O)NCl. The summed E-state index contributed by atoms with van der Waals surface area (Å²) in [4.78, 5) is 22.3. The number of hydrogen-bond acceptors (Lipinski definition) is 5. The second-order valence-electron chi connectivity index (χ2n) is 1.50. The van der Waals surface area contributed by atoms with Crippen molar-refractivity contribution in [2.24, 2.45) is 5.18 Å². The Kier molecular flexibility index (Phi) is 4.78. The van der Waals surface area contributed by atoms with Crippen molar-refractivity contribution in [3.8, 4) is 0 Å². The van der Waals surface area contributed by atoms with Crippen LogP contribution in [0.3, 0.4) is 0 Å². The van der Waals surface area contributed by atoms with Crippen molar-refractivity contribution >= 4 is 17.7 Å². The smallest absolute Gasteiger partial charge is 0.326 e. The van der Waals surface area contributed by atoms with Crippen LogP contribution in [0.15, 0.2) is 5.18 Å². The Labute approximate surface area is 62.8 Å². The third-order valence-corrected chi connectivity index (χ3v) is 1.14. The topological polar surface area (TPSA) is 67.8 Å². The van der Waals surface area contributed by atoms with Crippen LogP contribution in [-0.2, 0) is 9.53 Å². The number of nitrogens with zero attached hydrogens (tertiary/aromatic N) is 1. The van der Waals surface area contributed by atoms with E-state index in [2.05, 4.69) is 14.7 Å². The summed E-state index contributed by atoms with van der Waals surface area (Å²) in [6, 6.07) is -0.843. The largest absolute Gasteiger partial charge is 0.468 e. The number of halogens is 1. The summed E-state index contributed by atoms with van der Waals surface area (Å²) in [6.07, 6.45) is 0. The van der Waals surface area contributed by atoms with E-state index in [1.165, 1.54) is 7.11 Å². The molecule has 0 rings (SSSR count). The Bertz CT molecular complexity index is 130. The number of esters is 1. The van der Waals surface area contributed by atoms with Gasteiger partial charge >= 0.3 is 5.97 Å².